The molecule has 0 aromatic carbocycles. The van der Waals surface area contributed by atoms with E-state index in [0.29, 0.717) is 5.92 Å². The van der Waals surface area contributed by atoms with Crippen molar-refractivity contribution in [2.45, 2.75) is 84.4 Å². The molecular formula is C17H34OSi. The fourth-order valence-electron chi connectivity index (χ4n) is 1.73. The van der Waals surface area contributed by atoms with Crippen LogP contribution in [0.25, 0.3) is 0 Å². The minimum atomic E-state index is -1.64. The van der Waals surface area contributed by atoms with Crippen LogP contribution in [0.15, 0.2) is 0 Å². The lowest BCUT2D eigenvalue weighted by Gasteiger charge is -2.36. The number of rotatable bonds is 9. The molecule has 0 radical (unpaired) electrons. The molecule has 0 aromatic rings. The van der Waals surface area contributed by atoms with Gasteiger partial charge in [0.1, 0.15) is 0 Å². The number of hydrogen-bond acceptors (Lipinski definition) is 1. The van der Waals surface area contributed by atoms with E-state index in [2.05, 4.69) is 46.7 Å². The van der Waals surface area contributed by atoms with Crippen LogP contribution >= 0.6 is 0 Å². The number of unbranched alkanes of at least 4 members (excludes halogenated alkanes) is 4. The van der Waals surface area contributed by atoms with Gasteiger partial charge in [0.2, 0.25) is 0 Å². The van der Waals surface area contributed by atoms with Gasteiger partial charge in [-0.2, -0.15) is 0 Å². The Bertz CT molecular complexity index is 270. The molecule has 0 spiro atoms. The molecule has 0 aliphatic heterocycles. The topological polar surface area (TPSA) is 9.23 Å². The van der Waals surface area contributed by atoms with E-state index in [1.807, 2.05) is 0 Å². The quantitative estimate of drug-likeness (QED) is 0.303. The SMILES string of the molecule is C#CC(CCCCCCC)CO[Si](C)(C)C(C)(C)C. The van der Waals surface area contributed by atoms with E-state index in [4.69, 9.17) is 10.8 Å². The van der Waals surface area contributed by atoms with Crippen LogP contribution in [0.4, 0.5) is 0 Å². The lowest BCUT2D eigenvalue weighted by molar-refractivity contribution is 0.247. The molecule has 1 nitrogen and oxygen atoms in total. The van der Waals surface area contributed by atoms with Crippen molar-refractivity contribution in [2.24, 2.45) is 5.92 Å². The highest BCUT2D eigenvalue weighted by atomic mass is 28.4. The second-order valence-corrected chi connectivity index (χ2v) is 11.9. The molecule has 0 rings (SSSR count). The highest BCUT2D eigenvalue weighted by Gasteiger charge is 2.37. The summed E-state index contributed by atoms with van der Waals surface area (Å²) in [5.74, 6) is 3.22. The molecule has 0 saturated heterocycles. The number of hydrogen-bond donors (Lipinski definition) is 0. The largest absolute Gasteiger partial charge is 0.416 e. The van der Waals surface area contributed by atoms with E-state index < -0.39 is 8.32 Å². The highest BCUT2D eigenvalue weighted by molar-refractivity contribution is 6.74. The van der Waals surface area contributed by atoms with Gasteiger partial charge >= 0.3 is 0 Å². The standard InChI is InChI=1S/C17H34OSi/c1-8-10-11-12-13-14-16(9-2)15-18-19(6,7)17(3,4)5/h2,16H,8,10-15H2,1,3-7H3. The molecule has 0 aliphatic carbocycles. The first-order valence-electron chi connectivity index (χ1n) is 7.84. The number of terminal acetylenes is 1. The zero-order valence-corrected chi connectivity index (χ0v) is 15.0. The van der Waals surface area contributed by atoms with Crippen LogP contribution in [0, 0.1) is 18.3 Å². The van der Waals surface area contributed by atoms with Crippen LogP contribution in [0.3, 0.4) is 0 Å². The van der Waals surface area contributed by atoms with Crippen molar-refractivity contribution in [1.29, 1.82) is 0 Å². The molecule has 19 heavy (non-hydrogen) atoms. The molecule has 0 amide bonds. The van der Waals surface area contributed by atoms with Gasteiger partial charge in [-0.05, 0) is 24.6 Å². The first-order chi connectivity index (χ1) is 8.74. The van der Waals surface area contributed by atoms with E-state index >= 15 is 0 Å². The molecule has 0 N–H and O–H groups in total. The van der Waals surface area contributed by atoms with Crippen molar-refractivity contribution in [2.75, 3.05) is 6.61 Å². The van der Waals surface area contributed by atoms with Gasteiger partial charge in [-0.15, -0.1) is 12.3 Å². The molecule has 0 fully saturated rings. The Morgan fingerprint density at radius 1 is 1.11 bits per heavy atom. The first-order valence-corrected chi connectivity index (χ1v) is 10.8. The zero-order chi connectivity index (χ0) is 14.9. The maximum absolute atomic E-state index is 6.22. The summed E-state index contributed by atoms with van der Waals surface area (Å²) in [4.78, 5) is 0. The van der Waals surface area contributed by atoms with Crippen LogP contribution < -0.4 is 0 Å². The second-order valence-electron chi connectivity index (χ2n) is 7.14. The third-order valence-electron chi connectivity index (χ3n) is 4.34. The van der Waals surface area contributed by atoms with Crippen molar-refractivity contribution in [3.63, 3.8) is 0 Å². The van der Waals surface area contributed by atoms with Crippen LogP contribution in [0.2, 0.25) is 18.1 Å². The summed E-state index contributed by atoms with van der Waals surface area (Å²) in [7, 11) is -1.64. The Kier molecular flexibility index (Phi) is 8.70. The minimum Gasteiger partial charge on any atom is -0.416 e. The molecule has 0 heterocycles. The van der Waals surface area contributed by atoms with E-state index in [-0.39, 0.29) is 5.04 Å². The van der Waals surface area contributed by atoms with Crippen LogP contribution in [-0.4, -0.2) is 14.9 Å². The molecule has 2 heteroatoms. The molecule has 1 atom stereocenters. The van der Waals surface area contributed by atoms with Gasteiger partial charge in [-0.1, -0.05) is 59.8 Å². The molecule has 0 bridgehead atoms. The Balaban J connectivity index is 3.98. The Morgan fingerprint density at radius 3 is 2.16 bits per heavy atom. The highest BCUT2D eigenvalue weighted by Crippen LogP contribution is 2.36. The molecule has 0 saturated carbocycles. The zero-order valence-electron chi connectivity index (χ0n) is 14.0. The minimum absolute atomic E-state index is 0.271. The fourth-order valence-corrected chi connectivity index (χ4v) is 2.79. The summed E-state index contributed by atoms with van der Waals surface area (Å²) in [6.45, 7) is 14.4. The monoisotopic (exact) mass is 282 g/mol. The van der Waals surface area contributed by atoms with E-state index in [0.717, 1.165) is 13.0 Å². The van der Waals surface area contributed by atoms with Crippen molar-refractivity contribution >= 4 is 8.32 Å². The average Bonchev–Trinajstić information content (AvgIpc) is 2.31. The van der Waals surface area contributed by atoms with Crippen molar-refractivity contribution < 1.29 is 4.43 Å². The third kappa shape index (κ3) is 7.80. The third-order valence-corrected chi connectivity index (χ3v) is 8.84. The predicted octanol–water partition coefficient (Wildman–Crippen LogP) is 5.62. The summed E-state index contributed by atoms with van der Waals surface area (Å²) in [6.07, 6.45) is 13.3. The smallest absolute Gasteiger partial charge is 0.192 e. The summed E-state index contributed by atoms with van der Waals surface area (Å²) in [5.41, 5.74) is 0. The molecule has 1 unspecified atom stereocenters. The van der Waals surface area contributed by atoms with Crippen molar-refractivity contribution in [3.8, 4) is 12.3 Å². The van der Waals surface area contributed by atoms with Gasteiger partial charge in [0.15, 0.2) is 8.32 Å². The van der Waals surface area contributed by atoms with Gasteiger partial charge in [-0.25, -0.2) is 0 Å². The summed E-state index contributed by atoms with van der Waals surface area (Å²) in [5, 5.41) is 0.271. The van der Waals surface area contributed by atoms with E-state index in [1.54, 1.807) is 0 Å². The second kappa shape index (κ2) is 8.82. The lowest BCUT2D eigenvalue weighted by atomic mass is 10.0. The molecular weight excluding hydrogens is 248 g/mol. The molecule has 112 valence electrons. The van der Waals surface area contributed by atoms with Gasteiger partial charge in [0.25, 0.3) is 0 Å². The Hall–Kier alpha value is -0.263. The fraction of sp³-hybridized carbons (Fsp3) is 0.882. The summed E-state index contributed by atoms with van der Waals surface area (Å²) < 4.78 is 6.22. The molecule has 0 aromatic heterocycles. The first kappa shape index (κ1) is 18.7. The van der Waals surface area contributed by atoms with Crippen LogP contribution in [-0.2, 0) is 4.43 Å². The van der Waals surface area contributed by atoms with Gasteiger partial charge in [0, 0.05) is 12.5 Å². The summed E-state index contributed by atoms with van der Waals surface area (Å²) >= 11 is 0. The van der Waals surface area contributed by atoms with E-state index in [9.17, 15) is 0 Å². The van der Waals surface area contributed by atoms with Crippen LogP contribution in [0.1, 0.15) is 66.2 Å². The van der Waals surface area contributed by atoms with Gasteiger partial charge in [-0.3, -0.25) is 0 Å². The van der Waals surface area contributed by atoms with Crippen LogP contribution in [0.5, 0.6) is 0 Å². The lowest BCUT2D eigenvalue weighted by Crippen LogP contribution is -2.41. The molecule has 0 aliphatic rings. The predicted molar refractivity (Wildman–Crippen MR) is 88.8 cm³/mol. The van der Waals surface area contributed by atoms with Crippen molar-refractivity contribution in [1.82, 2.24) is 0 Å². The average molecular weight is 283 g/mol. The summed E-state index contributed by atoms with van der Waals surface area (Å²) in [6, 6.07) is 0. The maximum atomic E-state index is 6.22. The Morgan fingerprint density at radius 2 is 1.68 bits per heavy atom. The van der Waals surface area contributed by atoms with E-state index in [1.165, 1.54) is 32.1 Å². The van der Waals surface area contributed by atoms with Gasteiger partial charge < -0.3 is 4.43 Å². The van der Waals surface area contributed by atoms with Crippen molar-refractivity contribution in [3.05, 3.63) is 0 Å². The normalized spacial score (nSPS) is 14.2. The Labute approximate surface area is 122 Å². The maximum Gasteiger partial charge on any atom is 0.192 e. The van der Waals surface area contributed by atoms with Gasteiger partial charge in [0.05, 0.1) is 0 Å².